The number of amides is 2. The second-order valence-electron chi connectivity index (χ2n) is 4.66. The summed E-state index contributed by atoms with van der Waals surface area (Å²) in [6.07, 6.45) is -1.11. The highest BCUT2D eigenvalue weighted by molar-refractivity contribution is 7.80. The fourth-order valence-electron chi connectivity index (χ4n) is 1.39. The Hall–Kier alpha value is -0.0800. The number of halogens is 6. The number of carbonyl (C=O) groups excluding carboxylic acids is 1. The standard InChI is InChI=1S/C12H12Cl6N4OS/c1-22(2)11(23)21-9(12(16,17)18)20-10(24)19-8-6(14)3-5(13)4-7(8)15/h3-4,9H,1-2H3,(H,21,23)(H2,19,20,24)/t9-/m0/s1. The SMILES string of the molecule is CN(C)C(=O)N[C@H](NC(=S)Nc1c(Cl)cc(Cl)cc1Cl)C(Cl)(Cl)Cl. The van der Waals surface area contributed by atoms with Gasteiger partial charge in [-0.1, -0.05) is 69.6 Å². The molecule has 1 aromatic carbocycles. The van der Waals surface area contributed by atoms with Crippen LogP contribution in [0, 0.1) is 0 Å². The van der Waals surface area contributed by atoms with E-state index in [-0.39, 0.29) is 15.2 Å². The molecule has 2 amide bonds. The minimum atomic E-state index is -1.87. The summed E-state index contributed by atoms with van der Waals surface area (Å²) in [7, 11) is 3.07. The van der Waals surface area contributed by atoms with Gasteiger partial charge in [0.15, 0.2) is 11.3 Å². The van der Waals surface area contributed by atoms with E-state index >= 15 is 0 Å². The van der Waals surface area contributed by atoms with Crippen LogP contribution in [0.2, 0.25) is 15.1 Å². The maximum Gasteiger partial charge on any atom is 0.318 e. The fourth-order valence-corrected chi connectivity index (χ4v) is 2.85. The molecule has 0 radical (unpaired) electrons. The van der Waals surface area contributed by atoms with Crippen molar-refractivity contribution in [1.82, 2.24) is 15.5 Å². The van der Waals surface area contributed by atoms with E-state index in [0.717, 1.165) is 0 Å². The Balaban J connectivity index is 2.88. The molecule has 0 aliphatic rings. The summed E-state index contributed by atoms with van der Waals surface area (Å²) >= 11 is 40.7. The predicted octanol–water partition coefficient (Wildman–Crippen LogP) is 4.90. The number of benzene rings is 1. The van der Waals surface area contributed by atoms with Crippen molar-refractivity contribution in [2.75, 3.05) is 19.4 Å². The van der Waals surface area contributed by atoms with E-state index in [0.29, 0.717) is 10.7 Å². The maximum absolute atomic E-state index is 11.8. The molecule has 3 N–H and O–H groups in total. The minimum absolute atomic E-state index is 0.0245. The van der Waals surface area contributed by atoms with Gasteiger partial charge in [0.25, 0.3) is 0 Å². The van der Waals surface area contributed by atoms with Crippen LogP contribution in [0.4, 0.5) is 10.5 Å². The third-order valence-electron chi connectivity index (χ3n) is 2.52. The van der Waals surface area contributed by atoms with Gasteiger partial charge in [0, 0.05) is 19.1 Å². The van der Waals surface area contributed by atoms with Gasteiger partial charge in [0.05, 0.1) is 15.7 Å². The van der Waals surface area contributed by atoms with Crippen LogP contribution in [0.25, 0.3) is 0 Å². The molecule has 0 heterocycles. The summed E-state index contributed by atoms with van der Waals surface area (Å²) in [6.45, 7) is 0. The molecule has 1 atom stereocenters. The third-order valence-corrected chi connectivity index (χ3v) is 4.21. The summed E-state index contributed by atoms with van der Waals surface area (Å²) in [5.41, 5.74) is 0.322. The highest BCUT2D eigenvalue weighted by atomic mass is 35.6. The van der Waals surface area contributed by atoms with Gasteiger partial charge >= 0.3 is 6.03 Å². The Morgan fingerprint density at radius 1 is 1.12 bits per heavy atom. The van der Waals surface area contributed by atoms with Gasteiger partial charge in [0.2, 0.25) is 3.79 Å². The van der Waals surface area contributed by atoms with Crippen molar-refractivity contribution in [3.63, 3.8) is 0 Å². The first-order valence-electron chi connectivity index (χ1n) is 6.18. The Morgan fingerprint density at radius 3 is 2.04 bits per heavy atom. The minimum Gasteiger partial charge on any atom is -0.339 e. The molecule has 0 fully saturated rings. The van der Waals surface area contributed by atoms with Crippen molar-refractivity contribution in [2.45, 2.75) is 9.96 Å². The molecule has 0 aliphatic carbocycles. The van der Waals surface area contributed by atoms with Crippen LogP contribution in [0.15, 0.2) is 12.1 Å². The first kappa shape index (κ1) is 22.0. The highest BCUT2D eigenvalue weighted by Gasteiger charge is 2.35. The number of nitrogens with zero attached hydrogens (tertiary/aromatic N) is 1. The van der Waals surface area contributed by atoms with Crippen LogP contribution in [0.1, 0.15) is 0 Å². The van der Waals surface area contributed by atoms with E-state index in [9.17, 15) is 4.79 Å². The number of anilines is 1. The summed E-state index contributed by atoms with van der Waals surface area (Å²) in [6, 6.07) is 2.49. The van der Waals surface area contributed by atoms with Crippen LogP contribution in [-0.2, 0) is 0 Å². The second kappa shape index (κ2) is 9.03. The normalized spacial score (nSPS) is 12.3. The molecule has 24 heavy (non-hydrogen) atoms. The summed E-state index contributed by atoms with van der Waals surface area (Å²) in [5.74, 6) is 0. The van der Waals surface area contributed by atoms with Crippen LogP contribution < -0.4 is 16.0 Å². The largest absolute Gasteiger partial charge is 0.339 e. The van der Waals surface area contributed by atoms with Gasteiger partial charge in [-0.3, -0.25) is 0 Å². The molecular weight excluding hydrogens is 461 g/mol. The Bertz CT molecular complexity index is 613. The average Bonchev–Trinajstić information content (AvgIpc) is 2.40. The number of urea groups is 1. The summed E-state index contributed by atoms with van der Waals surface area (Å²) in [4.78, 5) is 13.0. The second-order valence-corrected chi connectivity index (χ2v) is 8.69. The average molecular weight is 473 g/mol. The van der Waals surface area contributed by atoms with E-state index in [1.54, 1.807) is 0 Å². The molecule has 0 saturated carbocycles. The molecule has 0 saturated heterocycles. The molecule has 0 aromatic heterocycles. The quantitative estimate of drug-likeness (QED) is 0.332. The van der Waals surface area contributed by atoms with Crippen molar-refractivity contribution in [3.05, 3.63) is 27.2 Å². The van der Waals surface area contributed by atoms with Gasteiger partial charge in [-0.2, -0.15) is 0 Å². The van der Waals surface area contributed by atoms with Gasteiger partial charge < -0.3 is 20.9 Å². The van der Waals surface area contributed by atoms with E-state index < -0.39 is 16.0 Å². The van der Waals surface area contributed by atoms with E-state index in [4.69, 9.17) is 81.8 Å². The number of thiocarbonyl (C=S) groups is 1. The molecule has 134 valence electrons. The van der Waals surface area contributed by atoms with Gasteiger partial charge in [-0.25, -0.2) is 4.79 Å². The highest BCUT2D eigenvalue weighted by Crippen LogP contribution is 2.34. The number of alkyl halides is 3. The molecule has 12 heteroatoms. The topological polar surface area (TPSA) is 56.4 Å². The lowest BCUT2D eigenvalue weighted by molar-refractivity contribution is 0.212. The molecule has 0 bridgehead atoms. The van der Waals surface area contributed by atoms with Crippen LogP contribution in [-0.4, -0.2) is 40.1 Å². The van der Waals surface area contributed by atoms with E-state index in [1.165, 1.54) is 31.1 Å². The number of hydrogen-bond donors (Lipinski definition) is 3. The Labute approximate surface area is 174 Å². The van der Waals surface area contributed by atoms with Gasteiger partial charge in [0.1, 0.15) is 0 Å². The molecular formula is C12H12Cl6N4OS. The smallest absolute Gasteiger partial charge is 0.318 e. The van der Waals surface area contributed by atoms with Crippen LogP contribution in [0.3, 0.4) is 0 Å². The third kappa shape index (κ3) is 6.67. The number of carbonyl (C=O) groups is 1. The molecule has 0 spiro atoms. The molecule has 5 nitrogen and oxygen atoms in total. The lowest BCUT2D eigenvalue weighted by atomic mass is 10.3. The van der Waals surface area contributed by atoms with E-state index in [1.807, 2.05) is 0 Å². The van der Waals surface area contributed by atoms with Crippen molar-refractivity contribution < 1.29 is 4.79 Å². The zero-order valence-corrected chi connectivity index (χ0v) is 17.6. The zero-order chi connectivity index (χ0) is 18.7. The number of nitrogens with one attached hydrogen (secondary N) is 3. The summed E-state index contributed by atoms with van der Waals surface area (Å²) < 4.78 is -1.87. The molecule has 1 rings (SSSR count). The lowest BCUT2D eigenvalue weighted by Crippen LogP contribution is -2.57. The van der Waals surface area contributed by atoms with Crippen molar-refractivity contribution in [1.29, 1.82) is 0 Å². The van der Waals surface area contributed by atoms with Gasteiger partial charge in [-0.05, 0) is 24.4 Å². The molecule has 1 aromatic rings. The van der Waals surface area contributed by atoms with Crippen LogP contribution >= 0.6 is 81.8 Å². The fraction of sp³-hybridized carbons (Fsp3) is 0.333. The Kier molecular flexibility index (Phi) is 8.26. The number of hydrogen-bond acceptors (Lipinski definition) is 2. The zero-order valence-electron chi connectivity index (χ0n) is 12.3. The maximum atomic E-state index is 11.8. The van der Waals surface area contributed by atoms with E-state index in [2.05, 4.69) is 16.0 Å². The van der Waals surface area contributed by atoms with Crippen molar-refractivity contribution in [2.24, 2.45) is 0 Å². The number of rotatable bonds is 3. The first-order valence-corrected chi connectivity index (χ1v) is 8.86. The molecule has 0 unspecified atom stereocenters. The van der Waals surface area contributed by atoms with Crippen molar-refractivity contribution in [3.8, 4) is 0 Å². The van der Waals surface area contributed by atoms with Gasteiger partial charge in [-0.15, -0.1) is 0 Å². The Morgan fingerprint density at radius 2 is 1.62 bits per heavy atom. The monoisotopic (exact) mass is 470 g/mol. The predicted molar refractivity (Wildman–Crippen MR) is 107 cm³/mol. The van der Waals surface area contributed by atoms with Crippen LogP contribution in [0.5, 0.6) is 0 Å². The first-order chi connectivity index (χ1) is 10.9. The molecule has 0 aliphatic heterocycles. The summed E-state index contributed by atoms with van der Waals surface area (Å²) in [5, 5.41) is 8.81. The van der Waals surface area contributed by atoms with Crippen molar-refractivity contribution >= 4 is 98.7 Å². The lowest BCUT2D eigenvalue weighted by Gasteiger charge is -2.29.